The van der Waals surface area contributed by atoms with Crippen LogP contribution in [0.1, 0.15) is 42.9 Å². The Morgan fingerprint density at radius 1 is 1.08 bits per heavy atom. The summed E-state index contributed by atoms with van der Waals surface area (Å²) >= 11 is 6.43. The van der Waals surface area contributed by atoms with E-state index < -0.39 is 9.84 Å². The van der Waals surface area contributed by atoms with E-state index in [9.17, 15) is 18.0 Å². The lowest BCUT2D eigenvalue weighted by atomic mass is 9.77. The van der Waals surface area contributed by atoms with Crippen molar-refractivity contribution in [3.63, 3.8) is 0 Å². The van der Waals surface area contributed by atoms with Crippen molar-refractivity contribution in [2.45, 2.75) is 43.2 Å². The number of likely N-dealkylation sites (tertiary alicyclic amines) is 2. The van der Waals surface area contributed by atoms with Gasteiger partial charge in [-0.25, -0.2) is 8.42 Å². The van der Waals surface area contributed by atoms with Crippen LogP contribution >= 0.6 is 24.0 Å². The molecule has 2 aliphatic rings. The van der Waals surface area contributed by atoms with E-state index >= 15 is 0 Å². The van der Waals surface area contributed by atoms with E-state index in [0.29, 0.717) is 24.5 Å². The van der Waals surface area contributed by atoms with Crippen molar-refractivity contribution in [2.24, 2.45) is 5.41 Å². The maximum Gasteiger partial charge on any atom is 0.246 e. The molecule has 2 aromatic carbocycles. The summed E-state index contributed by atoms with van der Waals surface area (Å²) in [6.45, 7) is 3.63. The fourth-order valence-electron chi connectivity index (χ4n) is 5.52. The average Bonchev–Trinajstić information content (AvgIpc) is 3.17. The highest BCUT2D eigenvalue weighted by Gasteiger charge is 2.47. The highest BCUT2D eigenvalue weighted by molar-refractivity contribution is 7.90. The Bertz CT molecular complexity index is 1250. The molecule has 0 saturated carbocycles. The first-order valence-electron chi connectivity index (χ1n) is 12.9. The molecule has 0 aromatic heterocycles. The number of carbonyl (C=O) groups excluding carboxylic acids is 2. The Hall–Kier alpha value is -2.17. The van der Waals surface area contributed by atoms with Crippen LogP contribution in [0.25, 0.3) is 0 Å². The molecular formula is C28H37Cl2N3O5S. The molecule has 2 aliphatic heterocycles. The Kier molecular flexibility index (Phi) is 10.8. The van der Waals surface area contributed by atoms with Gasteiger partial charge in [-0.1, -0.05) is 41.9 Å². The first kappa shape index (κ1) is 31.4. The second-order valence-corrected chi connectivity index (χ2v) is 12.8. The highest BCUT2D eigenvalue weighted by Crippen LogP contribution is 2.42. The molecule has 1 atom stereocenters. The maximum atomic E-state index is 13.4. The Balaban J connectivity index is 0.00000420. The first-order valence-corrected chi connectivity index (χ1v) is 15.2. The minimum Gasteiger partial charge on any atom is -0.375 e. The van der Waals surface area contributed by atoms with E-state index in [-0.39, 0.29) is 47.2 Å². The van der Waals surface area contributed by atoms with Gasteiger partial charge in [-0.3, -0.25) is 9.59 Å². The van der Waals surface area contributed by atoms with Crippen LogP contribution in [0.4, 0.5) is 0 Å². The van der Waals surface area contributed by atoms with Crippen molar-refractivity contribution in [2.75, 3.05) is 46.2 Å². The first-order chi connectivity index (χ1) is 18.1. The van der Waals surface area contributed by atoms with E-state index in [1.165, 1.54) is 13.4 Å². The zero-order chi connectivity index (χ0) is 27.3. The highest BCUT2D eigenvalue weighted by atomic mass is 35.5. The molecule has 39 heavy (non-hydrogen) atoms. The van der Waals surface area contributed by atoms with Gasteiger partial charge >= 0.3 is 0 Å². The van der Waals surface area contributed by atoms with Crippen molar-refractivity contribution in [1.82, 2.24) is 15.1 Å². The summed E-state index contributed by atoms with van der Waals surface area (Å²) in [6.07, 6.45) is 4.35. The quantitative estimate of drug-likeness (QED) is 0.446. The second kappa shape index (κ2) is 13.5. The van der Waals surface area contributed by atoms with Crippen LogP contribution in [0.3, 0.4) is 0 Å². The standard InChI is InChI=1S/C28H36ClN3O5S.ClH/c1-37-20-26(33)30-25(23-5-3-4-6-24(23)29)11-15-31-16-12-28(13-17-31)14-18-32(27(28)34)19-21-7-9-22(10-8-21)38(2,35)36;/h3-10,25H,11-20H2,1-2H3,(H,30,33);1H. The molecule has 2 aromatic rings. The molecular weight excluding hydrogens is 561 g/mol. The van der Waals surface area contributed by atoms with Gasteiger partial charge in [0.15, 0.2) is 9.84 Å². The van der Waals surface area contributed by atoms with Crippen molar-refractivity contribution in [1.29, 1.82) is 0 Å². The fourth-order valence-corrected chi connectivity index (χ4v) is 6.41. The number of ether oxygens (including phenoxy) is 1. The Labute approximate surface area is 242 Å². The summed E-state index contributed by atoms with van der Waals surface area (Å²) in [5.74, 6) is 0.0164. The summed E-state index contributed by atoms with van der Waals surface area (Å²) in [6, 6.07) is 14.1. The van der Waals surface area contributed by atoms with Crippen LogP contribution in [0, 0.1) is 5.41 Å². The smallest absolute Gasteiger partial charge is 0.246 e. The number of halogens is 2. The van der Waals surface area contributed by atoms with E-state index in [4.69, 9.17) is 16.3 Å². The summed E-state index contributed by atoms with van der Waals surface area (Å²) < 4.78 is 28.4. The zero-order valence-corrected chi connectivity index (χ0v) is 24.8. The molecule has 8 nitrogen and oxygen atoms in total. The van der Waals surface area contributed by atoms with Gasteiger partial charge < -0.3 is 19.9 Å². The van der Waals surface area contributed by atoms with Crippen LogP contribution < -0.4 is 5.32 Å². The van der Waals surface area contributed by atoms with Gasteiger partial charge in [0.2, 0.25) is 11.8 Å². The normalized spacial score (nSPS) is 18.1. The number of hydrogen-bond acceptors (Lipinski definition) is 6. The number of carbonyl (C=O) groups is 2. The van der Waals surface area contributed by atoms with Gasteiger partial charge in [-0.15, -0.1) is 12.4 Å². The van der Waals surface area contributed by atoms with Crippen LogP contribution in [0.2, 0.25) is 5.02 Å². The molecule has 2 fully saturated rings. The molecule has 1 N–H and O–H groups in total. The van der Waals surface area contributed by atoms with E-state index in [2.05, 4.69) is 10.2 Å². The predicted octanol–water partition coefficient (Wildman–Crippen LogP) is 3.87. The van der Waals surface area contributed by atoms with Crippen molar-refractivity contribution >= 4 is 45.7 Å². The topological polar surface area (TPSA) is 96.0 Å². The van der Waals surface area contributed by atoms with Gasteiger partial charge in [0.25, 0.3) is 0 Å². The monoisotopic (exact) mass is 597 g/mol. The molecule has 0 aliphatic carbocycles. The number of benzene rings is 2. The SMILES string of the molecule is COCC(=O)NC(CCN1CCC2(CC1)CCN(Cc1ccc(S(C)(=O)=O)cc1)C2=O)c1ccccc1Cl.Cl. The average molecular weight is 599 g/mol. The number of nitrogens with one attached hydrogen (secondary N) is 1. The second-order valence-electron chi connectivity index (χ2n) is 10.4. The molecule has 0 bridgehead atoms. The molecule has 11 heteroatoms. The summed E-state index contributed by atoms with van der Waals surface area (Å²) in [5.41, 5.74) is 1.50. The van der Waals surface area contributed by atoms with Crippen LogP contribution in [-0.2, 0) is 30.7 Å². The molecule has 1 unspecified atom stereocenters. The van der Waals surface area contributed by atoms with Crippen molar-refractivity contribution in [3.8, 4) is 0 Å². The lowest BCUT2D eigenvalue weighted by Crippen LogP contribution is -2.45. The van der Waals surface area contributed by atoms with Gasteiger partial charge in [-0.05, 0) is 68.1 Å². The Morgan fingerprint density at radius 3 is 2.33 bits per heavy atom. The largest absolute Gasteiger partial charge is 0.375 e. The number of methoxy groups -OCH3 is 1. The molecule has 4 rings (SSSR count). The lowest BCUT2D eigenvalue weighted by Gasteiger charge is -2.38. The van der Waals surface area contributed by atoms with E-state index in [1.54, 1.807) is 24.3 Å². The Morgan fingerprint density at radius 2 is 1.72 bits per heavy atom. The van der Waals surface area contributed by atoms with Crippen LogP contribution in [-0.4, -0.2) is 76.2 Å². The third kappa shape index (κ3) is 7.73. The number of nitrogens with zero attached hydrogens (tertiary/aromatic N) is 2. The van der Waals surface area contributed by atoms with Gasteiger partial charge in [0, 0.05) is 38.0 Å². The minimum absolute atomic E-state index is 0. The van der Waals surface area contributed by atoms with Crippen LogP contribution in [0.5, 0.6) is 0 Å². The van der Waals surface area contributed by atoms with Crippen LogP contribution in [0.15, 0.2) is 53.4 Å². The number of sulfone groups is 1. The molecule has 0 radical (unpaired) electrons. The zero-order valence-electron chi connectivity index (χ0n) is 22.4. The molecule has 1 spiro atoms. The maximum absolute atomic E-state index is 13.4. The molecule has 2 saturated heterocycles. The lowest BCUT2D eigenvalue weighted by molar-refractivity contribution is -0.139. The van der Waals surface area contributed by atoms with Gasteiger partial charge in [0.1, 0.15) is 6.61 Å². The summed E-state index contributed by atoms with van der Waals surface area (Å²) in [5, 5.41) is 3.66. The van der Waals surface area contributed by atoms with E-state index in [1.807, 2.05) is 29.2 Å². The molecule has 2 heterocycles. The minimum atomic E-state index is -3.24. The third-order valence-corrected chi connectivity index (χ3v) is 9.24. The van der Waals surface area contributed by atoms with Gasteiger partial charge in [-0.2, -0.15) is 0 Å². The van der Waals surface area contributed by atoms with Crippen molar-refractivity contribution in [3.05, 3.63) is 64.7 Å². The predicted molar refractivity (Wildman–Crippen MR) is 154 cm³/mol. The molecule has 214 valence electrons. The third-order valence-electron chi connectivity index (χ3n) is 7.76. The molecule has 2 amide bonds. The van der Waals surface area contributed by atoms with Gasteiger partial charge in [0.05, 0.1) is 16.4 Å². The summed E-state index contributed by atoms with van der Waals surface area (Å²) in [4.78, 5) is 30.2. The fraction of sp³-hybridized carbons (Fsp3) is 0.500. The number of amides is 2. The summed E-state index contributed by atoms with van der Waals surface area (Å²) in [7, 11) is -1.75. The van der Waals surface area contributed by atoms with E-state index in [0.717, 1.165) is 50.0 Å². The number of piperidine rings is 1. The number of rotatable bonds is 10. The number of hydrogen-bond donors (Lipinski definition) is 1. The van der Waals surface area contributed by atoms with Crippen molar-refractivity contribution < 1.29 is 22.7 Å².